The summed E-state index contributed by atoms with van der Waals surface area (Å²) in [4.78, 5) is 32.8. The van der Waals surface area contributed by atoms with Crippen LogP contribution in [-0.4, -0.2) is 27.8 Å². The first-order valence-electron chi connectivity index (χ1n) is 9.26. The van der Waals surface area contributed by atoms with E-state index in [1.54, 1.807) is 12.1 Å². The third kappa shape index (κ3) is 4.70. The van der Waals surface area contributed by atoms with Crippen molar-refractivity contribution < 1.29 is 9.59 Å². The lowest BCUT2D eigenvalue weighted by Gasteiger charge is -2.23. The Hall–Kier alpha value is -2.86. The predicted octanol–water partition coefficient (Wildman–Crippen LogP) is 3.93. The van der Waals surface area contributed by atoms with E-state index in [9.17, 15) is 9.59 Å². The van der Waals surface area contributed by atoms with Gasteiger partial charge < -0.3 is 10.3 Å². The van der Waals surface area contributed by atoms with E-state index < -0.39 is 6.04 Å². The van der Waals surface area contributed by atoms with Gasteiger partial charge in [-0.05, 0) is 29.7 Å². The molecule has 2 amide bonds. The van der Waals surface area contributed by atoms with E-state index in [1.165, 1.54) is 0 Å². The normalized spacial score (nSPS) is 13.1. The van der Waals surface area contributed by atoms with Crippen LogP contribution in [0.4, 0.5) is 5.95 Å². The highest BCUT2D eigenvalue weighted by atomic mass is 35.5. The molecule has 3 N–H and O–H groups in total. The minimum atomic E-state index is -0.673. The SMILES string of the molecule is CC[C@H](C)[C@H](NC(=O)Cc1ccccc1Cl)C(=O)Nc1nc2ccccc2[nH]1. The first-order chi connectivity index (χ1) is 13.5. The van der Waals surface area contributed by atoms with Gasteiger partial charge in [0.25, 0.3) is 0 Å². The zero-order valence-corrected chi connectivity index (χ0v) is 16.6. The number of hydrogen-bond donors (Lipinski definition) is 3. The molecule has 0 fully saturated rings. The van der Waals surface area contributed by atoms with Crippen LogP contribution in [0.5, 0.6) is 0 Å². The molecule has 0 aliphatic rings. The highest BCUT2D eigenvalue weighted by molar-refractivity contribution is 6.31. The maximum Gasteiger partial charge on any atom is 0.249 e. The van der Waals surface area contributed by atoms with E-state index in [2.05, 4.69) is 20.6 Å². The molecule has 0 bridgehead atoms. The Labute approximate surface area is 168 Å². The van der Waals surface area contributed by atoms with Gasteiger partial charge in [0.15, 0.2) is 0 Å². The van der Waals surface area contributed by atoms with E-state index in [4.69, 9.17) is 11.6 Å². The third-order valence-electron chi connectivity index (χ3n) is 4.75. The molecule has 0 radical (unpaired) electrons. The second-order valence-electron chi connectivity index (χ2n) is 6.79. The number of rotatable bonds is 7. The Morgan fingerprint density at radius 2 is 1.86 bits per heavy atom. The molecule has 3 aromatic rings. The Balaban J connectivity index is 1.71. The Morgan fingerprint density at radius 1 is 1.14 bits per heavy atom. The van der Waals surface area contributed by atoms with Crippen molar-refractivity contribution in [2.75, 3.05) is 5.32 Å². The molecule has 0 spiro atoms. The topological polar surface area (TPSA) is 86.9 Å². The average molecular weight is 399 g/mol. The summed E-state index contributed by atoms with van der Waals surface area (Å²) in [6, 6.07) is 14.0. The minimum absolute atomic E-state index is 0.0421. The van der Waals surface area contributed by atoms with Gasteiger partial charge in [-0.15, -0.1) is 0 Å². The molecule has 146 valence electrons. The Bertz CT molecular complexity index is 952. The van der Waals surface area contributed by atoms with Crippen molar-refractivity contribution in [3.05, 3.63) is 59.1 Å². The van der Waals surface area contributed by atoms with E-state index >= 15 is 0 Å². The number of carbonyl (C=O) groups excluding carboxylic acids is 2. The van der Waals surface area contributed by atoms with Crippen LogP contribution in [0.15, 0.2) is 48.5 Å². The van der Waals surface area contributed by atoms with Gasteiger partial charge in [-0.3, -0.25) is 14.9 Å². The van der Waals surface area contributed by atoms with Crippen molar-refractivity contribution in [2.24, 2.45) is 5.92 Å². The molecule has 0 saturated heterocycles. The standard InChI is InChI=1S/C21H23ClN4O2/c1-3-13(2)19(25-18(27)12-14-8-4-5-9-15(14)22)20(28)26-21-23-16-10-6-7-11-17(16)24-21/h4-11,13,19H,3,12H2,1-2H3,(H,25,27)(H2,23,24,26,28)/t13-,19-/m0/s1. The maximum absolute atomic E-state index is 12.8. The van der Waals surface area contributed by atoms with Crippen LogP contribution in [-0.2, 0) is 16.0 Å². The highest BCUT2D eigenvalue weighted by Gasteiger charge is 2.26. The number of halogens is 1. The Kier molecular flexibility index (Phi) is 6.31. The monoisotopic (exact) mass is 398 g/mol. The number of benzene rings is 2. The van der Waals surface area contributed by atoms with Crippen molar-refractivity contribution in [1.29, 1.82) is 0 Å². The van der Waals surface area contributed by atoms with E-state index in [1.807, 2.05) is 50.2 Å². The largest absolute Gasteiger partial charge is 0.344 e. The number of anilines is 1. The van der Waals surface area contributed by atoms with E-state index in [-0.39, 0.29) is 24.2 Å². The number of hydrogen-bond acceptors (Lipinski definition) is 3. The number of aromatic amines is 1. The number of aromatic nitrogens is 2. The van der Waals surface area contributed by atoms with Gasteiger partial charge in [0, 0.05) is 5.02 Å². The van der Waals surface area contributed by atoms with Gasteiger partial charge in [0.1, 0.15) is 6.04 Å². The highest BCUT2D eigenvalue weighted by Crippen LogP contribution is 2.17. The number of nitrogens with one attached hydrogen (secondary N) is 3. The molecule has 6 nitrogen and oxygen atoms in total. The molecule has 1 aromatic heterocycles. The number of carbonyl (C=O) groups is 2. The third-order valence-corrected chi connectivity index (χ3v) is 5.12. The van der Waals surface area contributed by atoms with Crippen LogP contribution >= 0.6 is 11.6 Å². The smallest absolute Gasteiger partial charge is 0.249 e. The average Bonchev–Trinajstić information content (AvgIpc) is 3.09. The van der Waals surface area contributed by atoms with Gasteiger partial charge in [-0.25, -0.2) is 4.98 Å². The first-order valence-corrected chi connectivity index (χ1v) is 9.64. The summed E-state index contributed by atoms with van der Waals surface area (Å²) in [6.07, 6.45) is 0.856. The van der Waals surface area contributed by atoms with Crippen molar-refractivity contribution in [1.82, 2.24) is 15.3 Å². The lowest BCUT2D eigenvalue weighted by molar-refractivity contribution is -0.127. The van der Waals surface area contributed by atoms with Crippen molar-refractivity contribution in [2.45, 2.75) is 32.7 Å². The lowest BCUT2D eigenvalue weighted by Crippen LogP contribution is -2.48. The number of amides is 2. The summed E-state index contributed by atoms with van der Waals surface area (Å²) in [5.41, 5.74) is 2.32. The van der Waals surface area contributed by atoms with Crippen LogP contribution < -0.4 is 10.6 Å². The second kappa shape index (κ2) is 8.89. The van der Waals surface area contributed by atoms with Crippen molar-refractivity contribution in [3.8, 4) is 0 Å². The van der Waals surface area contributed by atoms with Gasteiger partial charge >= 0.3 is 0 Å². The summed E-state index contributed by atoms with van der Waals surface area (Å²) in [6.45, 7) is 3.91. The molecule has 3 rings (SSSR count). The van der Waals surface area contributed by atoms with Gasteiger partial charge in [-0.1, -0.05) is 62.2 Å². The molecule has 0 unspecified atom stereocenters. The summed E-state index contributed by atoms with van der Waals surface area (Å²) < 4.78 is 0. The number of para-hydroxylation sites is 2. The quantitative estimate of drug-likeness (QED) is 0.563. The molecule has 2 atom stereocenters. The van der Waals surface area contributed by atoms with Gasteiger partial charge in [0.2, 0.25) is 17.8 Å². The number of H-pyrrole nitrogens is 1. The van der Waals surface area contributed by atoms with Gasteiger partial charge in [0.05, 0.1) is 17.5 Å². The number of imidazole rings is 1. The number of nitrogens with zero attached hydrogens (tertiary/aromatic N) is 1. The number of fused-ring (bicyclic) bond motifs is 1. The minimum Gasteiger partial charge on any atom is -0.344 e. The summed E-state index contributed by atoms with van der Waals surface area (Å²) in [5.74, 6) is -0.237. The van der Waals surface area contributed by atoms with Crippen LogP contribution in [0, 0.1) is 5.92 Å². The summed E-state index contributed by atoms with van der Waals surface area (Å²) in [7, 11) is 0. The van der Waals surface area contributed by atoms with Crippen molar-refractivity contribution in [3.63, 3.8) is 0 Å². The molecular formula is C21H23ClN4O2. The van der Waals surface area contributed by atoms with Gasteiger partial charge in [-0.2, -0.15) is 0 Å². The fourth-order valence-corrected chi connectivity index (χ4v) is 3.15. The van der Waals surface area contributed by atoms with Crippen LogP contribution in [0.25, 0.3) is 11.0 Å². The molecule has 0 saturated carbocycles. The molecule has 0 aliphatic heterocycles. The fraction of sp³-hybridized carbons (Fsp3) is 0.286. The summed E-state index contributed by atoms with van der Waals surface area (Å²) in [5, 5.41) is 6.16. The molecule has 7 heteroatoms. The molecule has 28 heavy (non-hydrogen) atoms. The maximum atomic E-state index is 12.8. The zero-order chi connectivity index (χ0) is 20.1. The first kappa shape index (κ1) is 19.9. The van der Waals surface area contributed by atoms with Crippen LogP contribution in [0.1, 0.15) is 25.8 Å². The zero-order valence-electron chi connectivity index (χ0n) is 15.8. The van der Waals surface area contributed by atoms with E-state index in [0.717, 1.165) is 23.0 Å². The second-order valence-corrected chi connectivity index (χ2v) is 7.20. The van der Waals surface area contributed by atoms with Crippen LogP contribution in [0.2, 0.25) is 5.02 Å². The Morgan fingerprint density at radius 3 is 2.57 bits per heavy atom. The summed E-state index contributed by atoms with van der Waals surface area (Å²) >= 11 is 6.13. The van der Waals surface area contributed by atoms with E-state index in [0.29, 0.717) is 11.0 Å². The van der Waals surface area contributed by atoms with Crippen LogP contribution in [0.3, 0.4) is 0 Å². The predicted molar refractivity (Wildman–Crippen MR) is 111 cm³/mol. The molecule has 0 aliphatic carbocycles. The fourth-order valence-electron chi connectivity index (χ4n) is 2.95. The molecular weight excluding hydrogens is 376 g/mol. The lowest BCUT2D eigenvalue weighted by atomic mass is 9.98. The molecule has 1 heterocycles. The van der Waals surface area contributed by atoms with Crippen molar-refractivity contribution >= 4 is 40.4 Å². The molecule has 2 aromatic carbocycles.